The third-order valence-electron chi connectivity index (χ3n) is 2.95. The number of nitrogens with one attached hydrogen (secondary N) is 1. The quantitative estimate of drug-likeness (QED) is 0.725. The minimum Gasteiger partial charge on any atom is -0.367 e. The number of aromatic amines is 1. The van der Waals surface area contributed by atoms with Crippen molar-refractivity contribution in [2.75, 3.05) is 11.9 Å². The fraction of sp³-hybridized carbons (Fsp3) is 0.250. The molecular weight excluding hydrogens is 256 g/mol. The zero-order valence-electron chi connectivity index (χ0n) is 11.0. The first kappa shape index (κ1) is 12.3. The molecule has 20 heavy (non-hydrogen) atoms. The molecule has 0 amide bonds. The van der Waals surface area contributed by atoms with Gasteiger partial charge in [-0.05, 0) is 22.6 Å². The molecule has 3 rings (SSSR count). The van der Waals surface area contributed by atoms with E-state index in [1.54, 1.807) is 4.68 Å². The monoisotopic (exact) mass is 270 g/mol. The van der Waals surface area contributed by atoms with E-state index in [1.165, 1.54) is 6.33 Å². The summed E-state index contributed by atoms with van der Waals surface area (Å²) in [6.45, 7) is 1.09. The Bertz CT molecular complexity index is 645. The van der Waals surface area contributed by atoms with Gasteiger partial charge in [0.15, 0.2) is 5.82 Å². The molecule has 0 aliphatic carbocycles. The van der Waals surface area contributed by atoms with Crippen molar-refractivity contribution in [2.45, 2.75) is 13.1 Å². The van der Waals surface area contributed by atoms with E-state index in [4.69, 9.17) is 0 Å². The van der Waals surface area contributed by atoms with Crippen LogP contribution in [-0.4, -0.2) is 42.4 Å². The van der Waals surface area contributed by atoms with Crippen LogP contribution in [0.1, 0.15) is 11.6 Å². The maximum absolute atomic E-state index is 4.07. The Labute approximate surface area is 115 Å². The standard InChI is InChI=1S/C12H14N8/c1-19(10-5-3-2-4-6-10)8-12-16-17-18-20(12)7-11-13-9-14-15-11/h2-6,9H,7-8H2,1H3,(H,13,14,15). The fourth-order valence-corrected chi connectivity index (χ4v) is 1.89. The molecule has 0 saturated carbocycles. The zero-order chi connectivity index (χ0) is 13.8. The molecule has 0 aliphatic heterocycles. The molecule has 2 aromatic heterocycles. The van der Waals surface area contributed by atoms with Gasteiger partial charge in [-0.2, -0.15) is 5.10 Å². The molecule has 0 bridgehead atoms. The van der Waals surface area contributed by atoms with Crippen LogP contribution in [0, 0.1) is 0 Å². The van der Waals surface area contributed by atoms with E-state index in [2.05, 4.69) is 35.6 Å². The maximum Gasteiger partial charge on any atom is 0.171 e. The summed E-state index contributed by atoms with van der Waals surface area (Å²) in [4.78, 5) is 6.16. The molecule has 2 heterocycles. The van der Waals surface area contributed by atoms with Crippen LogP contribution in [0.2, 0.25) is 0 Å². The van der Waals surface area contributed by atoms with Crippen LogP contribution in [0.15, 0.2) is 36.7 Å². The van der Waals surface area contributed by atoms with Crippen molar-refractivity contribution in [1.82, 2.24) is 35.4 Å². The lowest BCUT2D eigenvalue weighted by molar-refractivity contribution is 0.595. The largest absolute Gasteiger partial charge is 0.367 e. The van der Waals surface area contributed by atoms with Gasteiger partial charge in [0.2, 0.25) is 0 Å². The number of nitrogens with zero attached hydrogens (tertiary/aromatic N) is 7. The van der Waals surface area contributed by atoms with Crippen molar-refractivity contribution in [3.05, 3.63) is 48.3 Å². The lowest BCUT2D eigenvalue weighted by Gasteiger charge is -2.18. The average Bonchev–Trinajstić information content (AvgIpc) is 3.13. The Kier molecular flexibility index (Phi) is 3.36. The van der Waals surface area contributed by atoms with Gasteiger partial charge in [-0.3, -0.25) is 5.10 Å². The molecule has 0 fully saturated rings. The average molecular weight is 270 g/mol. The van der Waals surface area contributed by atoms with Crippen molar-refractivity contribution < 1.29 is 0 Å². The summed E-state index contributed by atoms with van der Waals surface area (Å²) in [5.41, 5.74) is 1.11. The highest BCUT2D eigenvalue weighted by molar-refractivity contribution is 5.44. The van der Waals surface area contributed by atoms with Crippen LogP contribution in [0.4, 0.5) is 5.69 Å². The Morgan fingerprint density at radius 2 is 2.10 bits per heavy atom. The van der Waals surface area contributed by atoms with Gasteiger partial charge in [0.25, 0.3) is 0 Å². The lowest BCUT2D eigenvalue weighted by atomic mass is 10.3. The highest BCUT2D eigenvalue weighted by Crippen LogP contribution is 2.13. The van der Waals surface area contributed by atoms with Crippen molar-refractivity contribution in [3.8, 4) is 0 Å². The Hall–Kier alpha value is -2.77. The van der Waals surface area contributed by atoms with E-state index in [0.717, 1.165) is 17.3 Å². The predicted octanol–water partition coefficient (Wildman–Crippen LogP) is 0.476. The summed E-state index contributed by atoms with van der Waals surface area (Å²) < 4.78 is 1.71. The number of anilines is 1. The van der Waals surface area contributed by atoms with Crippen molar-refractivity contribution in [3.63, 3.8) is 0 Å². The van der Waals surface area contributed by atoms with Gasteiger partial charge in [-0.25, -0.2) is 9.67 Å². The van der Waals surface area contributed by atoms with E-state index < -0.39 is 0 Å². The van der Waals surface area contributed by atoms with Gasteiger partial charge in [-0.1, -0.05) is 18.2 Å². The first-order chi connectivity index (χ1) is 9.83. The first-order valence-corrected chi connectivity index (χ1v) is 6.18. The second kappa shape index (κ2) is 5.47. The SMILES string of the molecule is CN(Cc1nnnn1Cc1ncn[nH]1)c1ccccc1. The van der Waals surface area contributed by atoms with E-state index in [0.29, 0.717) is 13.1 Å². The number of H-pyrrole nitrogens is 1. The number of benzene rings is 1. The molecule has 1 N–H and O–H groups in total. The van der Waals surface area contributed by atoms with Crippen LogP contribution in [0.5, 0.6) is 0 Å². The molecule has 0 spiro atoms. The lowest BCUT2D eigenvalue weighted by Crippen LogP contribution is -2.20. The summed E-state index contributed by atoms with van der Waals surface area (Å²) in [6.07, 6.45) is 1.47. The number of hydrogen-bond acceptors (Lipinski definition) is 6. The highest BCUT2D eigenvalue weighted by atomic mass is 15.5. The minimum atomic E-state index is 0.477. The summed E-state index contributed by atoms with van der Waals surface area (Å²) in [5.74, 6) is 1.49. The van der Waals surface area contributed by atoms with Gasteiger partial charge in [0.05, 0.1) is 6.54 Å². The molecular formula is C12H14N8. The Morgan fingerprint density at radius 3 is 2.85 bits per heavy atom. The number of rotatable bonds is 5. The predicted molar refractivity (Wildman–Crippen MR) is 71.9 cm³/mol. The molecule has 3 aromatic rings. The van der Waals surface area contributed by atoms with E-state index in [-0.39, 0.29) is 0 Å². The van der Waals surface area contributed by atoms with Gasteiger partial charge in [-0.15, -0.1) is 5.10 Å². The number of hydrogen-bond donors (Lipinski definition) is 1. The van der Waals surface area contributed by atoms with Crippen LogP contribution < -0.4 is 4.90 Å². The van der Waals surface area contributed by atoms with Gasteiger partial charge >= 0.3 is 0 Å². The molecule has 1 aromatic carbocycles. The van der Waals surface area contributed by atoms with Crippen LogP contribution in [0.25, 0.3) is 0 Å². The Morgan fingerprint density at radius 1 is 1.25 bits per heavy atom. The van der Waals surface area contributed by atoms with Gasteiger partial charge in [0, 0.05) is 12.7 Å². The summed E-state index contributed by atoms with van der Waals surface area (Å²) in [7, 11) is 2.00. The normalized spacial score (nSPS) is 10.7. The second-order valence-electron chi connectivity index (χ2n) is 4.38. The van der Waals surface area contributed by atoms with Gasteiger partial charge < -0.3 is 4.90 Å². The van der Waals surface area contributed by atoms with Crippen LogP contribution in [0.3, 0.4) is 0 Å². The topological polar surface area (TPSA) is 88.4 Å². The van der Waals surface area contributed by atoms with Crippen LogP contribution in [-0.2, 0) is 13.1 Å². The maximum atomic E-state index is 4.07. The molecule has 0 atom stereocenters. The van der Waals surface area contributed by atoms with E-state index in [9.17, 15) is 0 Å². The minimum absolute atomic E-state index is 0.477. The summed E-state index contributed by atoms with van der Waals surface area (Å²) in [5, 5.41) is 18.4. The molecule has 0 unspecified atom stereocenters. The fourth-order valence-electron chi connectivity index (χ4n) is 1.89. The van der Waals surface area contributed by atoms with Crippen molar-refractivity contribution in [1.29, 1.82) is 0 Å². The first-order valence-electron chi connectivity index (χ1n) is 6.18. The third kappa shape index (κ3) is 2.63. The molecule has 102 valence electrons. The van der Waals surface area contributed by atoms with Crippen molar-refractivity contribution in [2.24, 2.45) is 0 Å². The molecule has 0 aliphatic rings. The van der Waals surface area contributed by atoms with Crippen LogP contribution >= 0.6 is 0 Å². The van der Waals surface area contributed by atoms with E-state index in [1.807, 2.05) is 37.4 Å². The number of tetrazole rings is 1. The highest BCUT2D eigenvalue weighted by Gasteiger charge is 2.11. The molecule has 8 nitrogen and oxygen atoms in total. The molecule has 8 heteroatoms. The van der Waals surface area contributed by atoms with Crippen molar-refractivity contribution >= 4 is 5.69 Å². The summed E-state index contributed by atoms with van der Waals surface area (Å²) >= 11 is 0. The molecule has 0 saturated heterocycles. The van der Waals surface area contributed by atoms with E-state index >= 15 is 0 Å². The number of para-hydroxylation sites is 1. The number of aromatic nitrogens is 7. The molecule has 0 radical (unpaired) electrons. The summed E-state index contributed by atoms with van der Waals surface area (Å²) in [6, 6.07) is 10.1. The third-order valence-corrected chi connectivity index (χ3v) is 2.95. The van der Waals surface area contributed by atoms with Gasteiger partial charge in [0.1, 0.15) is 18.7 Å². The smallest absolute Gasteiger partial charge is 0.171 e. The zero-order valence-corrected chi connectivity index (χ0v) is 11.0. The Balaban J connectivity index is 1.73. The second-order valence-corrected chi connectivity index (χ2v) is 4.38.